The first kappa shape index (κ1) is 17.9. The average molecular weight is 376 g/mol. The number of hydrogen-bond donors (Lipinski definition) is 0. The highest BCUT2D eigenvalue weighted by atomic mass is 16.5. The minimum absolute atomic E-state index is 0.0976. The Labute approximate surface area is 162 Å². The third-order valence-electron chi connectivity index (χ3n) is 4.74. The van der Waals surface area contributed by atoms with Crippen LogP contribution in [0.15, 0.2) is 60.8 Å². The molecule has 4 rings (SSSR count). The number of nitrogens with zero attached hydrogens (tertiary/aromatic N) is 4. The van der Waals surface area contributed by atoms with Gasteiger partial charge in [-0.3, -0.25) is 9.78 Å². The summed E-state index contributed by atoms with van der Waals surface area (Å²) in [6.45, 7) is 2.40. The molecule has 0 aliphatic carbocycles. The quantitative estimate of drug-likeness (QED) is 0.650. The summed E-state index contributed by atoms with van der Waals surface area (Å²) in [6, 6.07) is 17.4. The molecule has 1 aliphatic heterocycles. The van der Waals surface area contributed by atoms with Crippen LogP contribution >= 0.6 is 0 Å². The molecule has 0 spiro atoms. The average Bonchev–Trinajstić information content (AvgIpc) is 2.77. The Morgan fingerprint density at radius 1 is 0.893 bits per heavy atom. The van der Waals surface area contributed by atoms with Crippen LogP contribution in [0.2, 0.25) is 0 Å². The van der Waals surface area contributed by atoms with Gasteiger partial charge in [-0.05, 0) is 24.3 Å². The number of benzene rings is 2. The lowest BCUT2D eigenvalue weighted by molar-refractivity contribution is -0.134. The van der Waals surface area contributed by atoms with Gasteiger partial charge < -0.3 is 14.5 Å². The van der Waals surface area contributed by atoms with Crippen LogP contribution in [0.5, 0.6) is 0 Å². The first-order chi connectivity index (χ1) is 13.7. The van der Waals surface area contributed by atoms with E-state index in [1.54, 1.807) is 11.0 Å². The van der Waals surface area contributed by atoms with Crippen molar-refractivity contribution in [2.45, 2.75) is 0 Å². The van der Waals surface area contributed by atoms with E-state index in [0.717, 1.165) is 18.8 Å². The second-order valence-electron chi connectivity index (χ2n) is 6.52. The SMILES string of the molecule is O=C(OCC(=O)N1CCN(c2ccccc2)CC1)c1cnc2ccccc2n1. The number of amides is 1. The van der Waals surface area contributed by atoms with Gasteiger partial charge in [-0.25, -0.2) is 9.78 Å². The molecule has 2 heterocycles. The van der Waals surface area contributed by atoms with Crippen molar-refractivity contribution in [3.63, 3.8) is 0 Å². The van der Waals surface area contributed by atoms with Gasteiger partial charge in [0.2, 0.25) is 0 Å². The Morgan fingerprint density at radius 3 is 2.32 bits per heavy atom. The molecule has 3 aromatic rings. The van der Waals surface area contributed by atoms with Crippen LogP contribution in [0.4, 0.5) is 5.69 Å². The molecule has 2 aromatic carbocycles. The van der Waals surface area contributed by atoms with E-state index in [1.165, 1.54) is 6.20 Å². The third kappa shape index (κ3) is 3.93. The third-order valence-corrected chi connectivity index (χ3v) is 4.74. The zero-order valence-electron chi connectivity index (χ0n) is 15.3. The number of carbonyl (C=O) groups excluding carboxylic acids is 2. The van der Waals surface area contributed by atoms with Crippen molar-refractivity contribution >= 4 is 28.6 Å². The zero-order chi connectivity index (χ0) is 19.3. The van der Waals surface area contributed by atoms with Gasteiger partial charge in [0.15, 0.2) is 12.3 Å². The summed E-state index contributed by atoms with van der Waals surface area (Å²) in [6.07, 6.45) is 1.37. The van der Waals surface area contributed by atoms with E-state index in [2.05, 4.69) is 27.0 Å². The monoisotopic (exact) mass is 376 g/mol. The first-order valence-electron chi connectivity index (χ1n) is 9.17. The lowest BCUT2D eigenvalue weighted by Gasteiger charge is -2.36. The van der Waals surface area contributed by atoms with E-state index in [1.807, 2.05) is 36.4 Å². The van der Waals surface area contributed by atoms with Crippen LogP contribution < -0.4 is 4.90 Å². The fourth-order valence-corrected chi connectivity index (χ4v) is 3.20. The Bertz CT molecular complexity index is 985. The van der Waals surface area contributed by atoms with Crippen LogP contribution in [-0.4, -0.2) is 59.5 Å². The van der Waals surface area contributed by atoms with E-state index in [0.29, 0.717) is 24.1 Å². The summed E-state index contributed by atoms with van der Waals surface area (Å²) in [7, 11) is 0. The minimum atomic E-state index is -0.644. The highest BCUT2D eigenvalue weighted by Crippen LogP contribution is 2.15. The zero-order valence-corrected chi connectivity index (χ0v) is 15.3. The molecule has 1 saturated heterocycles. The van der Waals surface area contributed by atoms with E-state index in [9.17, 15) is 9.59 Å². The fraction of sp³-hybridized carbons (Fsp3) is 0.238. The van der Waals surface area contributed by atoms with Gasteiger partial charge in [-0.2, -0.15) is 0 Å². The first-order valence-corrected chi connectivity index (χ1v) is 9.17. The van der Waals surface area contributed by atoms with Gasteiger partial charge in [0.25, 0.3) is 5.91 Å². The molecule has 0 saturated carbocycles. The normalized spacial score (nSPS) is 14.1. The van der Waals surface area contributed by atoms with E-state index in [-0.39, 0.29) is 18.2 Å². The highest BCUT2D eigenvalue weighted by molar-refractivity contribution is 5.91. The van der Waals surface area contributed by atoms with Crippen molar-refractivity contribution in [3.05, 3.63) is 66.5 Å². The summed E-state index contributed by atoms with van der Waals surface area (Å²) in [5.74, 6) is -0.843. The Balaban J connectivity index is 1.30. The van der Waals surface area contributed by atoms with Crippen molar-refractivity contribution < 1.29 is 14.3 Å². The number of carbonyl (C=O) groups is 2. The molecule has 1 aliphatic rings. The second kappa shape index (κ2) is 8.04. The lowest BCUT2D eigenvalue weighted by atomic mass is 10.2. The smallest absolute Gasteiger partial charge is 0.359 e. The van der Waals surface area contributed by atoms with Crippen molar-refractivity contribution in [1.29, 1.82) is 0 Å². The molecule has 7 nitrogen and oxygen atoms in total. The maximum Gasteiger partial charge on any atom is 0.359 e. The molecule has 28 heavy (non-hydrogen) atoms. The van der Waals surface area contributed by atoms with Gasteiger partial charge >= 0.3 is 5.97 Å². The van der Waals surface area contributed by atoms with Crippen LogP contribution in [0, 0.1) is 0 Å². The summed E-state index contributed by atoms with van der Waals surface area (Å²) in [5.41, 5.74) is 2.56. The summed E-state index contributed by atoms with van der Waals surface area (Å²) in [4.78, 5) is 37.0. The number of anilines is 1. The molecule has 1 aromatic heterocycles. The topological polar surface area (TPSA) is 75.6 Å². The number of piperazine rings is 1. The number of ether oxygens (including phenoxy) is 1. The van der Waals surface area contributed by atoms with Gasteiger partial charge in [-0.15, -0.1) is 0 Å². The van der Waals surface area contributed by atoms with E-state index in [4.69, 9.17) is 4.74 Å². The largest absolute Gasteiger partial charge is 0.451 e. The molecule has 1 fully saturated rings. The maximum absolute atomic E-state index is 12.4. The number of para-hydroxylation sites is 3. The predicted octanol–water partition coefficient (Wildman–Crippen LogP) is 2.14. The van der Waals surface area contributed by atoms with Gasteiger partial charge in [-0.1, -0.05) is 30.3 Å². The number of fused-ring (bicyclic) bond motifs is 1. The predicted molar refractivity (Wildman–Crippen MR) is 105 cm³/mol. The van der Waals surface area contributed by atoms with Crippen molar-refractivity contribution in [2.24, 2.45) is 0 Å². The summed E-state index contributed by atoms with van der Waals surface area (Å²) in [5, 5.41) is 0. The van der Waals surface area contributed by atoms with Crippen molar-refractivity contribution in [2.75, 3.05) is 37.7 Å². The number of esters is 1. The molecular formula is C21H20N4O3. The van der Waals surface area contributed by atoms with Crippen LogP contribution in [0.25, 0.3) is 11.0 Å². The number of hydrogen-bond acceptors (Lipinski definition) is 6. The number of aromatic nitrogens is 2. The molecule has 0 N–H and O–H groups in total. The molecule has 0 bridgehead atoms. The Hall–Kier alpha value is -3.48. The summed E-state index contributed by atoms with van der Waals surface area (Å²) < 4.78 is 5.16. The molecule has 1 amide bonds. The van der Waals surface area contributed by atoms with Gasteiger partial charge in [0.05, 0.1) is 17.2 Å². The lowest BCUT2D eigenvalue weighted by Crippen LogP contribution is -2.49. The van der Waals surface area contributed by atoms with Crippen molar-refractivity contribution in [1.82, 2.24) is 14.9 Å². The molecular weight excluding hydrogens is 356 g/mol. The minimum Gasteiger partial charge on any atom is -0.451 e. The highest BCUT2D eigenvalue weighted by Gasteiger charge is 2.22. The molecule has 0 unspecified atom stereocenters. The standard InChI is InChI=1S/C21H20N4O3/c26-20(25-12-10-24(11-13-25)16-6-2-1-3-7-16)15-28-21(27)19-14-22-17-8-4-5-9-18(17)23-19/h1-9,14H,10-13,15H2. The maximum atomic E-state index is 12.4. The van der Waals surface area contributed by atoms with Gasteiger partial charge in [0, 0.05) is 31.9 Å². The Morgan fingerprint density at radius 2 is 1.57 bits per heavy atom. The molecule has 142 valence electrons. The van der Waals surface area contributed by atoms with E-state index < -0.39 is 5.97 Å². The second-order valence-corrected chi connectivity index (χ2v) is 6.52. The van der Waals surface area contributed by atoms with Gasteiger partial charge in [0.1, 0.15) is 0 Å². The van der Waals surface area contributed by atoms with Crippen LogP contribution in [0.1, 0.15) is 10.5 Å². The Kier molecular flexibility index (Phi) is 5.14. The molecule has 0 radical (unpaired) electrons. The van der Waals surface area contributed by atoms with Crippen LogP contribution in [0.3, 0.4) is 0 Å². The number of rotatable bonds is 4. The molecule has 7 heteroatoms. The van der Waals surface area contributed by atoms with Crippen LogP contribution in [-0.2, 0) is 9.53 Å². The van der Waals surface area contributed by atoms with Crippen molar-refractivity contribution in [3.8, 4) is 0 Å². The van der Waals surface area contributed by atoms with E-state index >= 15 is 0 Å². The fourth-order valence-electron chi connectivity index (χ4n) is 3.20. The molecule has 0 atom stereocenters. The summed E-state index contributed by atoms with van der Waals surface area (Å²) >= 11 is 0.